The zero-order valence-corrected chi connectivity index (χ0v) is 16.5. The predicted molar refractivity (Wildman–Crippen MR) is 118 cm³/mol. The van der Waals surface area contributed by atoms with Crippen molar-refractivity contribution in [2.75, 3.05) is 4.90 Å². The number of halogens is 1. The smallest absolute Gasteiger partial charge is 0.333 e. The van der Waals surface area contributed by atoms with E-state index < -0.39 is 11.9 Å². The highest BCUT2D eigenvalue weighted by Gasteiger charge is 2.34. The molecule has 0 radical (unpaired) electrons. The Labute approximate surface area is 178 Å². The van der Waals surface area contributed by atoms with Gasteiger partial charge in [0.25, 0.3) is 5.91 Å². The summed E-state index contributed by atoms with van der Waals surface area (Å²) < 4.78 is 15.3. The van der Waals surface area contributed by atoms with E-state index in [1.165, 1.54) is 12.1 Å². The van der Waals surface area contributed by atoms with Gasteiger partial charge in [-0.15, -0.1) is 0 Å². The van der Waals surface area contributed by atoms with Gasteiger partial charge in [0.2, 0.25) is 0 Å². The molecule has 0 bridgehead atoms. The van der Waals surface area contributed by atoms with Gasteiger partial charge in [-0.3, -0.25) is 4.79 Å². The van der Waals surface area contributed by atoms with Crippen molar-refractivity contribution >= 4 is 34.6 Å². The van der Waals surface area contributed by atoms with Crippen molar-refractivity contribution in [2.24, 2.45) is 0 Å². The Kier molecular flexibility index (Phi) is 4.59. The van der Waals surface area contributed by atoms with Gasteiger partial charge in [0.1, 0.15) is 11.5 Å². The largest absolute Gasteiger partial charge is 0.342 e. The molecule has 1 aromatic heterocycles. The Bertz CT molecular complexity index is 1320. The van der Waals surface area contributed by atoms with Crippen molar-refractivity contribution in [3.05, 3.63) is 108 Å². The van der Waals surface area contributed by atoms with Crippen LogP contribution in [-0.2, 0) is 11.3 Å². The minimum absolute atomic E-state index is 0.221. The molecule has 4 aromatic rings. The third kappa shape index (κ3) is 3.48. The lowest BCUT2D eigenvalue weighted by atomic mass is 10.1. The average Bonchev–Trinajstić information content (AvgIpc) is 3.27. The molecule has 0 saturated carbocycles. The van der Waals surface area contributed by atoms with E-state index in [4.69, 9.17) is 0 Å². The van der Waals surface area contributed by atoms with Crippen LogP contribution in [0, 0.1) is 5.82 Å². The van der Waals surface area contributed by atoms with Gasteiger partial charge >= 0.3 is 6.03 Å². The third-order valence-electron chi connectivity index (χ3n) is 5.28. The zero-order chi connectivity index (χ0) is 21.4. The summed E-state index contributed by atoms with van der Waals surface area (Å²) in [5.41, 5.74) is 3.50. The van der Waals surface area contributed by atoms with E-state index in [0.29, 0.717) is 12.2 Å². The normalized spacial score (nSPS) is 15.1. The number of amides is 3. The van der Waals surface area contributed by atoms with E-state index in [1.807, 2.05) is 41.1 Å². The lowest BCUT2D eigenvalue weighted by Gasteiger charge is -2.10. The quantitative estimate of drug-likeness (QED) is 0.383. The molecule has 6 heteroatoms. The summed E-state index contributed by atoms with van der Waals surface area (Å²) in [6.45, 7) is 0.556. The summed E-state index contributed by atoms with van der Waals surface area (Å²) >= 11 is 0. The predicted octanol–water partition coefficient (Wildman–Crippen LogP) is 4.93. The van der Waals surface area contributed by atoms with Gasteiger partial charge in [0.15, 0.2) is 0 Å². The summed E-state index contributed by atoms with van der Waals surface area (Å²) in [6, 6.07) is 22.6. The molecule has 5 rings (SSSR count). The fourth-order valence-electron chi connectivity index (χ4n) is 3.81. The van der Waals surface area contributed by atoms with Crippen LogP contribution in [0.5, 0.6) is 0 Å². The number of rotatable bonds is 4. The first-order valence-corrected chi connectivity index (χ1v) is 9.85. The fourth-order valence-corrected chi connectivity index (χ4v) is 3.81. The van der Waals surface area contributed by atoms with Crippen molar-refractivity contribution < 1.29 is 14.0 Å². The number of benzene rings is 3. The van der Waals surface area contributed by atoms with E-state index in [2.05, 4.69) is 5.32 Å². The Morgan fingerprint density at radius 3 is 2.35 bits per heavy atom. The van der Waals surface area contributed by atoms with Gasteiger partial charge in [0.05, 0.1) is 5.69 Å². The molecule has 1 aliphatic heterocycles. The topological polar surface area (TPSA) is 54.3 Å². The van der Waals surface area contributed by atoms with Crippen molar-refractivity contribution in [2.45, 2.75) is 6.54 Å². The number of hydrogen-bond donors (Lipinski definition) is 1. The number of hydrogen-bond acceptors (Lipinski definition) is 2. The number of carbonyl (C=O) groups is 2. The van der Waals surface area contributed by atoms with Crippen LogP contribution in [0.15, 0.2) is 90.8 Å². The lowest BCUT2D eigenvalue weighted by Crippen LogP contribution is -2.30. The number of anilines is 1. The second kappa shape index (κ2) is 7.57. The van der Waals surface area contributed by atoms with Crippen LogP contribution in [0.2, 0.25) is 0 Å². The summed E-state index contributed by atoms with van der Waals surface area (Å²) in [5.74, 6) is -0.670. The number of fused-ring (bicyclic) bond motifs is 1. The zero-order valence-electron chi connectivity index (χ0n) is 16.5. The third-order valence-corrected chi connectivity index (χ3v) is 5.28. The molecule has 31 heavy (non-hydrogen) atoms. The minimum atomic E-state index is -0.475. The van der Waals surface area contributed by atoms with Crippen LogP contribution in [-0.4, -0.2) is 16.5 Å². The van der Waals surface area contributed by atoms with Gasteiger partial charge in [-0.2, -0.15) is 0 Å². The van der Waals surface area contributed by atoms with Crippen LogP contribution in [0.4, 0.5) is 14.9 Å². The minimum Gasteiger partial charge on any atom is -0.342 e. The maximum Gasteiger partial charge on any atom is 0.333 e. The highest BCUT2D eigenvalue weighted by atomic mass is 19.1. The summed E-state index contributed by atoms with van der Waals surface area (Å²) in [4.78, 5) is 26.5. The molecule has 0 spiro atoms. The maximum absolute atomic E-state index is 13.2. The fraction of sp³-hybridized carbons (Fsp3) is 0.0400. The molecule has 3 aromatic carbocycles. The van der Waals surface area contributed by atoms with E-state index in [9.17, 15) is 14.0 Å². The van der Waals surface area contributed by atoms with Crippen molar-refractivity contribution in [1.29, 1.82) is 0 Å². The number of nitrogens with zero attached hydrogens (tertiary/aromatic N) is 2. The molecule has 152 valence electrons. The van der Waals surface area contributed by atoms with E-state index in [1.54, 1.807) is 42.5 Å². The molecule has 0 unspecified atom stereocenters. The summed E-state index contributed by atoms with van der Waals surface area (Å²) in [7, 11) is 0. The molecular formula is C25H18FN3O2. The molecule has 3 amide bonds. The molecule has 1 aliphatic rings. The Balaban J connectivity index is 1.52. The molecule has 0 aliphatic carbocycles. The number of carbonyl (C=O) groups excluding carboxylic acids is 2. The number of para-hydroxylation sites is 2. The molecule has 2 heterocycles. The molecule has 0 atom stereocenters. The van der Waals surface area contributed by atoms with Crippen LogP contribution < -0.4 is 10.2 Å². The summed E-state index contributed by atoms with van der Waals surface area (Å²) in [5, 5.41) is 3.63. The number of imide groups is 1. The van der Waals surface area contributed by atoms with E-state index in [0.717, 1.165) is 26.9 Å². The van der Waals surface area contributed by atoms with Crippen LogP contribution >= 0.6 is 0 Å². The summed E-state index contributed by atoms with van der Waals surface area (Å²) in [6.07, 6.45) is 3.64. The van der Waals surface area contributed by atoms with Crippen LogP contribution in [0.25, 0.3) is 17.0 Å². The number of nitrogens with one attached hydrogen (secondary N) is 1. The SMILES string of the molecule is O=C1NC(=Cc2cn(Cc3ccc(F)cc3)c3ccccc23)C(=O)N1c1ccccc1. The van der Waals surface area contributed by atoms with Gasteiger partial charge in [0, 0.05) is 29.2 Å². The van der Waals surface area contributed by atoms with Gasteiger partial charge in [-0.25, -0.2) is 14.1 Å². The Morgan fingerprint density at radius 1 is 0.871 bits per heavy atom. The average molecular weight is 411 g/mol. The standard InChI is InChI=1S/C25H18FN3O2/c26-19-12-10-17(11-13-19)15-28-16-18(21-8-4-5-9-23(21)28)14-22-24(30)29(25(31)27-22)20-6-2-1-3-7-20/h1-14,16H,15H2,(H,27,31). The van der Waals surface area contributed by atoms with Crippen molar-refractivity contribution in [3.8, 4) is 0 Å². The van der Waals surface area contributed by atoms with Gasteiger partial charge in [-0.1, -0.05) is 48.5 Å². The highest BCUT2D eigenvalue weighted by molar-refractivity contribution is 6.28. The van der Waals surface area contributed by atoms with E-state index >= 15 is 0 Å². The Morgan fingerprint density at radius 2 is 1.58 bits per heavy atom. The number of urea groups is 1. The lowest BCUT2D eigenvalue weighted by molar-refractivity contribution is -0.113. The van der Waals surface area contributed by atoms with E-state index in [-0.39, 0.29) is 11.5 Å². The van der Waals surface area contributed by atoms with Crippen LogP contribution in [0.1, 0.15) is 11.1 Å². The highest BCUT2D eigenvalue weighted by Crippen LogP contribution is 2.27. The molecule has 1 N–H and O–H groups in total. The van der Waals surface area contributed by atoms with Crippen molar-refractivity contribution in [3.63, 3.8) is 0 Å². The molecule has 5 nitrogen and oxygen atoms in total. The maximum atomic E-state index is 13.2. The van der Waals surface area contributed by atoms with Gasteiger partial charge in [-0.05, 0) is 42.0 Å². The first-order valence-electron chi connectivity index (χ1n) is 9.85. The first-order chi connectivity index (χ1) is 15.1. The van der Waals surface area contributed by atoms with Gasteiger partial charge < -0.3 is 9.88 Å². The first kappa shape index (κ1) is 18.8. The van der Waals surface area contributed by atoms with Crippen molar-refractivity contribution in [1.82, 2.24) is 9.88 Å². The molecular weight excluding hydrogens is 393 g/mol. The molecule has 1 fully saturated rings. The number of aromatic nitrogens is 1. The Hall–Kier alpha value is -4.19. The van der Waals surface area contributed by atoms with Crippen LogP contribution in [0.3, 0.4) is 0 Å². The second-order valence-corrected chi connectivity index (χ2v) is 7.32. The molecule has 1 saturated heterocycles. The second-order valence-electron chi connectivity index (χ2n) is 7.32. The monoisotopic (exact) mass is 411 g/mol.